The molecule has 1 amide bonds. The summed E-state index contributed by atoms with van der Waals surface area (Å²) in [6, 6.07) is 0.364. The van der Waals surface area contributed by atoms with Crippen LogP contribution in [0.2, 0.25) is 0 Å². The second-order valence-electron chi connectivity index (χ2n) is 6.73. The lowest BCUT2D eigenvalue weighted by atomic mass is 9.85. The van der Waals surface area contributed by atoms with Crippen molar-refractivity contribution in [1.82, 2.24) is 14.7 Å². The van der Waals surface area contributed by atoms with Crippen molar-refractivity contribution < 1.29 is 4.79 Å². The molecule has 0 saturated carbocycles. The maximum Gasteiger partial charge on any atom is 0.236 e. The molecule has 5 heteroatoms. The van der Waals surface area contributed by atoms with Gasteiger partial charge in [-0.3, -0.25) is 9.69 Å². The molecular weight excluding hydrogens is 252 g/mol. The summed E-state index contributed by atoms with van der Waals surface area (Å²) in [6.45, 7) is 10.4. The Morgan fingerprint density at radius 1 is 1.20 bits per heavy atom. The number of piperidine rings is 1. The smallest absolute Gasteiger partial charge is 0.236 e. The number of hydrogen-bond donors (Lipinski definition) is 1. The largest absolute Gasteiger partial charge is 0.339 e. The van der Waals surface area contributed by atoms with Gasteiger partial charge in [0, 0.05) is 45.3 Å². The predicted molar refractivity (Wildman–Crippen MR) is 81.4 cm³/mol. The zero-order valence-corrected chi connectivity index (χ0v) is 13.2. The highest BCUT2D eigenvalue weighted by atomic mass is 16.2. The van der Waals surface area contributed by atoms with Crippen LogP contribution in [0.4, 0.5) is 0 Å². The standard InChI is InChI=1S/C15H30N4O/c1-12-8-13(2)14(9-16)19(10-12)11-15(20)18-6-4-17(3)5-7-18/h12-14H,4-11,16H2,1-3H3. The first-order valence-electron chi connectivity index (χ1n) is 7.91. The van der Waals surface area contributed by atoms with Crippen LogP contribution >= 0.6 is 0 Å². The summed E-state index contributed by atoms with van der Waals surface area (Å²) >= 11 is 0. The van der Waals surface area contributed by atoms with Crippen LogP contribution in [-0.4, -0.2) is 79.5 Å². The summed E-state index contributed by atoms with van der Waals surface area (Å²) < 4.78 is 0. The number of carbonyl (C=O) groups excluding carboxylic acids is 1. The lowest BCUT2D eigenvalue weighted by Gasteiger charge is -2.43. The molecule has 2 heterocycles. The van der Waals surface area contributed by atoms with E-state index in [1.54, 1.807) is 0 Å². The first-order chi connectivity index (χ1) is 9.51. The third-order valence-corrected chi connectivity index (χ3v) is 4.88. The number of amides is 1. The third-order valence-electron chi connectivity index (χ3n) is 4.88. The second kappa shape index (κ2) is 6.87. The molecule has 2 rings (SSSR count). The SMILES string of the molecule is CC1CC(C)C(CN)N(CC(=O)N2CCN(C)CC2)C1. The predicted octanol–water partition coefficient (Wildman–Crippen LogP) is 0.0656. The Hall–Kier alpha value is -0.650. The van der Waals surface area contributed by atoms with E-state index < -0.39 is 0 Å². The molecular formula is C15H30N4O. The summed E-state index contributed by atoms with van der Waals surface area (Å²) in [7, 11) is 2.11. The molecule has 2 aliphatic heterocycles. The third kappa shape index (κ3) is 3.71. The van der Waals surface area contributed by atoms with Crippen LogP contribution in [0.1, 0.15) is 20.3 Å². The Morgan fingerprint density at radius 2 is 1.85 bits per heavy atom. The van der Waals surface area contributed by atoms with Gasteiger partial charge in [0.2, 0.25) is 5.91 Å². The second-order valence-corrected chi connectivity index (χ2v) is 6.73. The molecule has 2 aliphatic rings. The van der Waals surface area contributed by atoms with E-state index >= 15 is 0 Å². The number of likely N-dealkylation sites (N-methyl/N-ethyl adjacent to an activating group) is 1. The molecule has 20 heavy (non-hydrogen) atoms. The lowest BCUT2D eigenvalue weighted by molar-refractivity contribution is -0.135. The highest BCUT2D eigenvalue weighted by molar-refractivity contribution is 5.78. The molecule has 0 aromatic rings. The molecule has 0 aliphatic carbocycles. The minimum atomic E-state index is 0.276. The molecule has 0 aromatic carbocycles. The molecule has 0 bridgehead atoms. The van der Waals surface area contributed by atoms with E-state index in [0.717, 1.165) is 32.7 Å². The van der Waals surface area contributed by atoms with E-state index in [-0.39, 0.29) is 5.91 Å². The van der Waals surface area contributed by atoms with E-state index in [1.807, 2.05) is 4.90 Å². The highest BCUT2D eigenvalue weighted by Crippen LogP contribution is 2.26. The van der Waals surface area contributed by atoms with Gasteiger partial charge in [-0.15, -0.1) is 0 Å². The fraction of sp³-hybridized carbons (Fsp3) is 0.933. The highest BCUT2D eigenvalue weighted by Gasteiger charge is 2.33. The number of nitrogens with zero attached hydrogens (tertiary/aromatic N) is 3. The topological polar surface area (TPSA) is 52.8 Å². The Kier molecular flexibility index (Phi) is 5.41. The first-order valence-corrected chi connectivity index (χ1v) is 7.91. The van der Waals surface area contributed by atoms with Crippen LogP contribution in [0.15, 0.2) is 0 Å². The number of carbonyl (C=O) groups is 1. The molecule has 2 saturated heterocycles. The summed E-state index contributed by atoms with van der Waals surface area (Å²) in [5.74, 6) is 1.52. The molecule has 5 nitrogen and oxygen atoms in total. The fourth-order valence-electron chi connectivity index (χ4n) is 3.65. The lowest BCUT2D eigenvalue weighted by Crippen LogP contribution is -2.56. The van der Waals surface area contributed by atoms with Crippen LogP contribution in [0.5, 0.6) is 0 Å². The van der Waals surface area contributed by atoms with Gasteiger partial charge in [0.1, 0.15) is 0 Å². The molecule has 0 spiro atoms. The van der Waals surface area contributed by atoms with Gasteiger partial charge in [-0.05, 0) is 25.3 Å². The zero-order valence-electron chi connectivity index (χ0n) is 13.2. The number of likely N-dealkylation sites (tertiary alicyclic amines) is 1. The summed E-state index contributed by atoms with van der Waals surface area (Å²) in [6.07, 6.45) is 1.22. The molecule has 3 unspecified atom stereocenters. The van der Waals surface area contributed by atoms with Gasteiger partial charge in [-0.1, -0.05) is 13.8 Å². The van der Waals surface area contributed by atoms with Crippen LogP contribution < -0.4 is 5.73 Å². The molecule has 2 fully saturated rings. The summed E-state index contributed by atoms with van der Waals surface area (Å²) in [5.41, 5.74) is 5.93. The van der Waals surface area contributed by atoms with Crippen molar-refractivity contribution in [2.24, 2.45) is 17.6 Å². The average Bonchev–Trinajstić information content (AvgIpc) is 2.39. The van der Waals surface area contributed by atoms with Crippen molar-refractivity contribution in [2.45, 2.75) is 26.3 Å². The molecule has 2 N–H and O–H groups in total. The maximum atomic E-state index is 12.5. The van der Waals surface area contributed by atoms with Crippen molar-refractivity contribution in [3.63, 3.8) is 0 Å². The number of hydrogen-bond acceptors (Lipinski definition) is 4. The zero-order chi connectivity index (χ0) is 14.7. The van der Waals surface area contributed by atoms with Gasteiger partial charge < -0.3 is 15.5 Å². The molecule has 3 atom stereocenters. The van der Waals surface area contributed by atoms with Crippen molar-refractivity contribution in [3.05, 3.63) is 0 Å². The number of piperazine rings is 1. The van der Waals surface area contributed by atoms with Crippen LogP contribution in [0.3, 0.4) is 0 Å². The molecule has 116 valence electrons. The van der Waals surface area contributed by atoms with E-state index in [1.165, 1.54) is 6.42 Å². The monoisotopic (exact) mass is 282 g/mol. The number of rotatable bonds is 3. The van der Waals surface area contributed by atoms with E-state index in [9.17, 15) is 4.79 Å². The van der Waals surface area contributed by atoms with E-state index in [0.29, 0.717) is 31.0 Å². The Labute approximate surface area is 123 Å². The fourth-order valence-corrected chi connectivity index (χ4v) is 3.65. The molecule has 0 radical (unpaired) electrons. The van der Waals surface area contributed by atoms with Crippen molar-refractivity contribution in [3.8, 4) is 0 Å². The van der Waals surface area contributed by atoms with Crippen molar-refractivity contribution in [2.75, 3.05) is 52.9 Å². The normalized spacial score (nSPS) is 33.4. The van der Waals surface area contributed by atoms with Crippen LogP contribution in [-0.2, 0) is 4.79 Å². The van der Waals surface area contributed by atoms with Crippen molar-refractivity contribution in [1.29, 1.82) is 0 Å². The van der Waals surface area contributed by atoms with Crippen LogP contribution in [0, 0.1) is 11.8 Å². The van der Waals surface area contributed by atoms with Crippen LogP contribution in [0.25, 0.3) is 0 Å². The first kappa shape index (κ1) is 15.7. The van der Waals surface area contributed by atoms with E-state index in [2.05, 4.69) is 30.7 Å². The Morgan fingerprint density at radius 3 is 2.45 bits per heavy atom. The molecule has 0 aromatic heterocycles. The van der Waals surface area contributed by atoms with Crippen molar-refractivity contribution >= 4 is 5.91 Å². The minimum absolute atomic E-state index is 0.276. The Balaban J connectivity index is 1.91. The van der Waals surface area contributed by atoms with Gasteiger partial charge >= 0.3 is 0 Å². The van der Waals surface area contributed by atoms with Gasteiger partial charge in [-0.2, -0.15) is 0 Å². The minimum Gasteiger partial charge on any atom is -0.339 e. The summed E-state index contributed by atoms with van der Waals surface area (Å²) in [4.78, 5) is 19.1. The van der Waals surface area contributed by atoms with Gasteiger partial charge in [0.25, 0.3) is 0 Å². The maximum absolute atomic E-state index is 12.5. The van der Waals surface area contributed by atoms with Gasteiger partial charge in [0.05, 0.1) is 6.54 Å². The Bertz CT molecular complexity index is 328. The summed E-state index contributed by atoms with van der Waals surface area (Å²) in [5, 5.41) is 0. The van der Waals surface area contributed by atoms with Gasteiger partial charge in [0.15, 0.2) is 0 Å². The average molecular weight is 282 g/mol. The van der Waals surface area contributed by atoms with Gasteiger partial charge in [-0.25, -0.2) is 0 Å². The quantitative estimate of drug-likeness (QED) is 0.796. The van der Waals surface area contributed by atoms with E-state index in [4.69, 9.17) is 5.73 Å². The number of nitrogens with two attached hydrogens (primary N) is 1.